The number of fused-ring (bicyclic) bond motifs is 8. The molecule has 10 aromatic carbocycles. The van der Waals surface area contributed by atoms with Gasteiger partial charge in [-0.3, -0.25) is 24.2 Å². The van der Waals surface area contributed by atoms with Gasteiger partial charge in [0.15, 0.2) is 23.1 Å². The minimum absolute atomic E-state index is 0.0546. The normalized spacial score (nSPS) is 18.2. The number of ketones is 5. The summed E-state index contributed by atoms with van der Waals surface area (Å²) in [7, 11) is 4.08. The van der Waals surface area contributed by atoms with Crippen molar-refractivity contribution < 1.29 is 24.0 Å². The van der Waals surface area contributed by atoms with Crippen molar-refractivity contribution in [3.8, 4) is 44.6 Å². The van der Waals surface area contributed by atoms with Gasteiger partial charge in [-0.1, -0.05) is 241 Å². The molecule has 0 saturated heterocycles. The fourth-order valence-electron chi connectivity index (χ4n) is 18.1. The zero-order valence-electron chi connectivity index (χ0n) is 65.4. The van der Waals surface area contributed by atoms with Gasteiger partial charge in [0.05, 0.1) is 5.69 Å². The Bertz CT molecular complexity index is 5100. The molecule has 8 heteroatoms. The van der Waals surface area contributed by atoms with Crippen LogP contribution in [-0.4, -0.2) is 77.3 Å². The van der Waals surface area contributed by atoms with Gasteiger partial charge in [-0.2, -0.15) is 0 Å². The molecule has 0 aliphatic heterocycles. The molecule has 108 heavy (non-hydrogen) atoms. The van der Waals surface area contributed by atoms with Crippen LogP contribution in [0.25, 0.3) is 66.2 Å². The van der Waals surface area contributed by atoms with E-state index >= 15 is 0 Å². The molecule has 1 fully saturated rings. The Labute approximate surface area is 646 Å². The van der Waals surface area contributed by atoms with E-state index < -0.39 is 18.4 Å². The third-order valence-electron chi connectivity index (χ3n) is 23.9. The summed E-state index contributed by atoms with van der Waals surface area (Å²) in [6.45, 7) is 10.6. The Morgan fingerprint density at radius 2 is 0.861 bits per heavy atom. The molecule has 7 nitrogen and oxygen atoms in total. The third kappa shape index (κ3) is 16.3. The van der Waals surface area contributed by atoms with Gasteiger partial charge in [-0.05, 0) is 154 Å². The van der Waals surface area contributed by atoms with E-state index in [2.05, 4.69) is 223 Å². The van der Waals surface area contributed by atoms with Gasteiger partial charge in [0.2, 0.25) is 0 Å². The molecular weight excluding hydrogens is 1430 g/mol. The number of unbranched alkanes of at least 4 members (excludes halogenated alkanes) is 2. The van der Waals surface area contributed by atoms with Crippen molar-refractivity contribution >= 4 is 72.4 Å². The Hall–Kier alpha value is -9.02. The molecule has 5 atom stereocenters. The zero-order valence-corrected chi connectivity index (χ0v) is 68.3. The molecule has 0 radical (unpaired) electrons. The number of pyridine rings is 1. The number of hydrogen-bond donors (Lipinski definition) is 0. The van der Waals surface area contributed by atoms with E-state index in [0.717, 1.165) is 150 Å². The average Bonchev–Trinajstić information content (AvgIpc) is 1.28. The number of hydrogen-bond acceptors (Lipinski definition) is 7. The summed E-state index contributed by atoms with van der Waals surface area (Å²) in [6, 6.07) is 73.5. The van der Waals surface area contributed by atoms with Gasteiger partial charge < -0.3 is 0 Å². The topological polar surface area (TPSA) is 101 Å². The quantitative estimate of drug-likeness (QED) is 0.0744. The van der Waals surface area contributed by atoms with Crippen LogP contribution in [0.2, 0.25) is 14.8 Å². The predicted molar refractivity (Wildman–Crippen MR) is 452 cm³/mol. The molecule has 17 rings (SSSR count). The van der Waals surface area contributed by atoms with E-state index in [4.69, 9.17) is 0 Å². The number of carbonyl (C=O) groups excluding carboxylic acids is 5. The second kappa shape index (κ2) is 34.7. The third-order valence-corrected chi connectivity index (χ3v) is 29.7. The van der Waals surface area contributed by atoms with Crippen molar-refractivity contribution in [3.63, 3.8) is 0 Å². The zero-order chi connectivity index (χ0) is 75.8. The number of aryl methyl sites for hydroxylation is 1. The van der Waals surface area contributed by atoms with Crippen LogP contribution < -0.4 is 3.58 Å². The number of nitrogens with zero attached hydrogens (tertiary/aromatic N) is 2. The van der Waals surface area contributed by atoms with Crippen molar-refractivity contribution in [1.29, 1.82) is 0 Å². The molecule has 11 aromatic rings. The Kier molecular flexibility index (Phi) is 24.8. The van der Waals surface area contributed by atoms with Crippen LogP contribution in [-0.2, 0) is 32.1 Å². The maximum absolute atomic E-state index is 13.1. The van der Waals surface area contributed by atoms with E-state index in [1.165, 1.54) is 92.6 Å². The number of likely N-dealkylation sites (N-methyl/N-ethyl adjacent to an activating group) is 1. The maximum atomic E-state index is 13.1. The number of aromatic nitrogens is 1. The van der Waals surface area contributed by atoms with Crippen molar-refractivity contribution in [3.05, 3.63) is 285 Å². The summed E-state index contributed by atoms with van der Waals surface area (Å²) >= 11 is -2.38. The molecule has 1 heterocycles. The molecule has 0 N–H and O–H groups in total. The van der Waals surface area contributed by atoms with Crippen LogP contribution in [0.3, 0.4) is 0 Å². The molecule has 1 aromatic heterocycles. The Balaban J connectivity index is 0.000000120. The predicted octanol–water partition coefficient (Wildman–Crippen LogP) is 24.0. The number of rotatable bonds is 15. The van der Waals surface area contributed by atoms with Gasteiger partial charge in [-0.25, -0.2) is 0 Å². The van der Waals surface area contributed by atoms with Crippen molar-refractivity contribution in [2.75, 3.05) is 14.1 Å². The van der Waals surface area contributed by atoms with E-state index in [-0.39, 0.29) is 35.5 Å². The van der Waals surface area contributed by atoms with Gasteiger partial charge in [0.1, 0.15) is 0 Å². The first-order valence-electron chi connectivity index (χ1n) is 40.4. The summed E-state index contributed by atoms with van der Waals surface area (Å²) in [4.78, 5) is 77.9. The van der Waals surface area contributed by atoms with E-state index in [1.807, 2.05) is 62.6 Å². The average molecular weight is 1540 g/mol. The Morgan fingerprint density at radius 1 is 0.398 bits per heavy atom. The second-order valence-corrected chi connectivity index (χ2v) is 46.6. The summed E-state index contributed by atoms with van der Waals surface area (Å²) in [5.74, 6) is 3.10. The first kappa shape index (κ1) is 77.1. The number of benzene rings is 10. The van der Waals surface area contributed by atoms with Crippen LogP contribution in [0, 0.1) is 30.6 Å². The molecule has 0 spiro atoms. The standard InChI is InChI=1S/C25H20O.C20H22O.C19H20O.C17H22NO.C16H15NO.3CH3.Sn/c1-2-16-14-18-9-7-13-22(24(18)25(16)26)23-15-17-8-3-4-10-19(17)20-11-5-6-12-21(20)23;1-3-4-6-17-13-16-7-5-8-18(19(16)20(17)21)15-11-9-14(2)10-12-15;1-2-3-8-16-13-15-11-7-12-17(18(15)19(16)20)14-9-5-4-6-10-14;1-18(2)16-11-14-9-8-13(10-15(14)17(16)19)12-6-4-3-5-7-12;1-2-11-10-12-6-5-7-13(15(12)16(11)18)14-8-3-4-9-17-14;;;;/h3-13,15-16H,2,14H2,1H3;5,7-12,17H,3-4,6,13H2,1-2H3;4-7,9-12,16H,2-3,8,13H2,1H3;8-9,12,16H,3-7,11H2,1-2H3;3-9,11H,2,10H2,1H3;3*1H3;. The molecule has 5 unspecified atom stereocenters. The van der Waals surface area contributed by atoms with Crippen LogP contribution in [0.4, 0.5) is 0 Å². The van der Waals surface area contributed by atoms with E-state index in [0.29, 0.717) is 29.1 Å². The number of Topliss-reactive ketones (excluding diaryl/α,β-unsaturated/α-hetero) is 5. The SMILES string of the molecule is CCC1Cc2cccc(-c3cc4ccccc4c4ccccc34)c2C1=O.CCC1Cc2cccc(-c3ccccn3)c2C1=O.CCCCC1Cc2cccc(-c3ccc(C)cc3)c2C1=O.CCCCC1Cc2cccc(-c3ccccc3)c2C1=O.CN(C)C1Cc2ccc(C3CCCCC3)[c]([Sn]([CH3])([CH3])[CH3])c2C1=O. The molecule has 0 bridgehead atoms. The van der Waals surface area contributed by atoms with E-state index in [9.17, 15) is 24.0 Å². The fraction of sp³-hybridized carbons (Fsp3) is 0.340. The van der Waals surface area contributed by atoms with Gasteiger partial charge in [0.25, 0.3) is 0 Å². The summed E-state index contributed by atoms with van der Waals surface area (Å²) in [5, 5.41) is 4.94. The molecule has 6 aliphatic rings. The van der Waals surface area contributed by atoms with Crippen molar-refractivity contribution in [2.24, 2.45) is 23.7 Å². The van der Waals surface area contributed by atoms with Gasteiger partial charge >= 0.3 is 146 Å². The van der Waals surface area contributed by atoms with Crippen LogP contribution in [0.1, 0.15) is 208 Å². The number of carbonyl (C=O) groups is 5. The van der Waals surface area contributed by atoms with Crippen LogP contribution in [0.5, 0.6) is 0 Å². The summed E-state index contributed by atoms with van der Waals surface area (Å²) in [5.41, 5.74) is 22.5. The van der Waals surface area contributed by atoms with Crippen LogP contribution in [0.15, 0.2) is 219 Å². The molecule has 6 aliphatic carbocycles. The molecule has 1 saturated carbocycles. The molecule has 552 valence electrons. The van der Waals surface area contributed by atoms with Crippen LogP contribution >= 0.6 is 0 Å². The monoisotopic (exact) mass is 1540 g/mol. The first-order chi connectivity index (χ1) is 52.4. The van der Waals surface area contributed by atoms with E-state index in [1.54, 1.807) is 15.3 Å². The van der Waals surface area contributed by atoms with Crippen molar-refractivity contribution in [1.82, 2.24) is 9.88 Å². The first-order valence-corrected chi connectivity index (χ1v) is 50.4. The summed E-state index contributed by atoms with van der Waals surface area (Å²) in [6.07, 6.45) is 21.5. The fourth-order valence-corrected chi connectivity index (χ4v) is 24.4. The molecule has 0 amide bonds. The van der Waals surface area contributed by atoms with Gasteiger partial charge in [-0.15, -0.1) is 0 Å². The second-order valence-electron chi connectivity index (χ2n) is 32.4. The van der Waals surface area contributed by atoms with Crippen molar-refractivity contribution in [2.45, 2.75) is 177 Å². The molecular formula is C100H108N2O5Sn. The minimum atomic E-state index is -2.38. The Morgan fingerprint density at radius 3 is 1.39 bits per heavy atom. The van der Waals surface area contributed by atoms with Gasteiger partial charge in [0, 0.05) is 57.7 Å². The summed E-state index contributed by atoms with van der Waals surface area (Å²) < 4.78 is 1.55.